The van der Waals surface area contributed by atoms with Crippen LogP contribution in [0.1, 0.15) is 39.5 Å². The Morgan fingerprint density at radius 3 is 2.65 bits per heavy atom. The van der Waals surface area contributed by atoms with E-state index in [4.69, 9.17) is 9.47 Å². The fraction of sp³-hybridized carbons (Fsp3) is 1.00. The van der Waals surface area contributed by atoms with Crippen LogP contribution in [0.25, 0.3) is 0 Å². The first kappa shape index (κ1) is 14.9. The van der Waals surface area contributed by atoms with Crippen molar-refractivity contribution < 1.29 is 9.47 Å². The van der Waals surface area contributed by atoms with Gasteiger partial charge in [-0.05, 0) is 30.6 Å². The number of methoxy groups -OCH3 is 1. The molecule has 1 saturated heterocycles. The van der Waals surface area contributed by atoms with E-state index in [0.29, 0.717) is 5.41 Å². The number of ether oxygens (including phenoxy) is 2. The maximum absolute atomic E-state index is 5.51. The zero-order valence-corrected chi connectivity index (χ0v) is 11.8. The standard InChI is InChI=1S/C14H29NO2/c1-4-13(2)11-14(5-8-17-9-6-14)12-15-7-10-16-3/h13,15H,4-12H2,1-3H3. The molecule has 3 heteroatoms. The molecule has 3 nitrogen and oxygen atoms in total. The molecule has 0 saturated carbocycles. The van der Waals surface area contributed by atoms with Gasteiger partial charge in [0.1, 0.15) is 0 Å². The second kappa shape index (κ2) is 8.06. The highest BCUT2D eigenvalue weighted by Crippen LogP contribution is 2.37. The van der Waals surface area contributed by atoms with Crippen LogP contribution in [0.15, 0.2) is 0 Å². The van der Waals surface area contributed by atoms with Crippen molar-refractivity contribution in [3.63, 3.8) is 0 Å². The van der Waals surface area contributed by atoms with E-state index in [1.54, 1.807) is 7.11 Å². The lowest BCUT2D eigenvalue weighted by molar-refractivity contribution is 0.00243. The average Bonchev–Trinajstić information content (AvgIpc) is 2.36. The summed E-state index contributed by atoms with van der Waals surface area (Å²) < 4.78 is 10.6. The second-order valence-corrected chi connectivity index (χ2v) is 5.50. The molecule has 0 aromatic heterocycles. The van der Waals surface area contributed by atoms with Gasteiger partial charge in [0.15, 0.2) is 0 Å². The summed E-state index contributed by atoms with van der Waals surface area (Å²) in [5.41, 5.74) is 0.460. The summed E-state index contributed by atoms with van der Waals surface area (Å²) in [6.07, 6.45) is 5.02. The fourth-order valence-electron chi connectivity index (χ4n) is 2.67. The lowest BCUT2D eigenvalue weighted by atomic mass is 9.73. The van der Waals surface area contributed by atoms with Crippen LogP contribution in [0, 0.1) is 11.3 Å². The van der Waals surface area contributed by atoms with E-state index in [0.717, 1.165) is 38.8 Å². The van der Waals surface area contributed by atoms with Gasteiger partial charge >= 0.3 is 0 Å². The van der Waals surface area contributed by atoms with Gasteiger partial charge in [0.25, 0.3) is 0 Å². The molecule has 1 fully saturated rings. The lowest BCUT2D eigenvalue weighted by Crippen LogP contribution is -2.41. The van der Waals surface area contributed by atoms with Crippen molar-refractivity contribution in [1.82, 2.24) is 5.32 Å². The zero-order chi connectivity index (χ0) is 12.6. The fourth-order valence-corrected chi connectivity index (χ4v) is 2.67. The van der Waals surface area contributed by atoms with E-state index in [9.17, 15) is 0 Å². The molecule has 1 heterocycles. The molecule has 1 aliphatic rings. The number of hydrogen-bond donors (Lipinski definition) is 1. The highest BCUT2D eigenvalue weighted by molar-refractivity contribution is 4.85. The topological polar surface area (TPSA) is 30.5 Å². The Kier molecular flexibility index (Phi) is 7.09. The lowest BCUT2D eigenvalue weighted by Gasteiger charge is -2.39. The predicted molar refractivity (Wildman–Crippen MR) is 71.3 cm³/mol. The Morgan fingerprint density at radius 1 is 1.35 bits per heavy atom. The quantitative estimate of drug-likeness (QED) is 0.664. The van der Waals surface area contributed by atoms with Crippen LogP contribution >= 0.6 is 0 Å². The van der Waals surface area contributed by atoms with E-state index in [2.05, 4.69) is 19.2 Å². The third-order valence-corrected chi connectivity index (χ3v) is 4.01. The summed E-state index contributed by atoms with van der Waals surface area (Å²) in [4.78, 5) is 0. The van der Waals surface area contributed by atoms with E-state index in [-0.39, 0.29) is 0 Å². The molecular formula is C14H29NO2. The summed E-state index contributed by atoms with van der Waals surface area (Å²) in [7, 11) is 1.76. The zero-order valence-electron chi connectivity index (χ0n) is 11.8. The van der Waals surface area contributed by atoms with Crippen molar-refractivity contribution in [2.45, 2.75) is 39.5 Å². The monoisotopic (exact) mass is 243 g/mol. The molecule has 1 rings (SSSR count). The molecule has 1 aliphatic heterocycles. The summed E-state index contributed by atoms with van der Waals surface area (Å²) in [6, 6.07) is 0. The normalized spacial score (nSPS) is 21.4. The van der Waals surface area contributed by atoms with Crippen LogP contribution in [-0.4, -0.2) is 40.0 Å². The first-order valence-corrected chi connectivity index (χ1v) is 7.00. The molecule has 0 spiro atoms. The van der Waals surface area contributed by atoms with Crippen LogP contribution in [0.5, 0.6) is 0 Å². The maximum Gasteiger partial charge on any atom is 0.0587 e. The summed E-state index contributed by atoms with van der Waals surface area (Å²) >= 11 is 0. The molecule has 102 valence electrons. The minimum Gasteiger partial charge on any atom is -0.383 e. The van der Waals surface area contributed by atoms with E-state index in [1.165, 1.54) is 25.7 Å². The molecule has 0 aromatic rings. The van der Waals surface area contributed by atoms with Crippen LogP contribution in [0.2, 0.25) is 0 Å². The maximum atomic E-state index is 5.51. The smallest absolute Gasteiger partial charge is 0.0587 e. The van der Waals surface area contributed by atoms with Gasteiger partial charge in [0.05, 0.1) is 6.61 Å². The van der Waals surface area contributed by atoms with Crippen molar-refractivity contribution in [3.8, 4) is 0 Å². The molecule has 0 bridgehead atoms. The second-order valence-electron chi connectivity index (χ2n) is 5.50. The first-order chi connectivity index (χ1) is 8.22. The Balaban J connectivity index is 2.40. The number of rotatable bonds is 8. The SMILES string of the molecule is CCC(C)CC1(CNCCOC)CCOCC1. The molecular weight excluding hydrogens is 214 g/mol. The van der Waals surface area contributed by atoms with Crippen LogP contribution in [-0.2, 0) is 9.47 Å². The van der Waals surface area contributed by atoms with Crippen molar-refractivity contribution >= 4 is 0 Å². The predicted octanol–water partition coefficient (Wildman–Crippen LogP) is 2.46. The van der Waals surface area contributed by atoms with Gasteiger partial charge in [0.2, 0.25) is 0 Å². The Hall–Kier alpha value is -0.120. The minimum atomic E-state index is 0.460. The van der Waals surface area contributed by atoms with Crippen LogP contribution < -0.4 is 5.32 Å². The molecule has 0 aromatic carbocycles. The highest BCUT2D eigenvalue weighted by atomic mass is 16.5. The molecule has 0 aliphatic carbocycles. The summed E-state index contributed by atoms with van der Waals surface area (Å²) in [5.74, 6) is 0.817. The van der Waals surface area contributed by atoms with Crippen molar-refractivity contribution in [2.24, 2.45) is 11.3 Å². The van der Waals surface area contributed by atoms with Gasteiger partial charge in [0, 0.05) is 33.4 Å². The van der Waals surface area contributed by atoms with Crippen LogP contribution in [0.3, 0.4) is 0 Å². The van der Waals surface area contributed by atoms with Crippen molar-refractivity contribution in [2.75, 3.05) is 40.0 Å². The molecule has 0 radical (unpaired) electrons. The summed E-state index contributed by atoms with van der Waals surface area (Å²) in [5, 5.41) is 3.55. The van der Waals surface area contributed by atoms with Crippen LogP contribution in [0.4, 0.5) is 0 Å². The van der Waals surface area contributed by atoms with E-state index < -0.39 is 0 Å². The van der Waals surface area contributed by atoms with Gasteiger partial charge in [-0.15, -0.1) is 0 Å². The molecule has 0 amide bonds. The number of nitrogens with one attached hydrogen (secondary N) is 1. The molecule has 17 heavy (non-hydrogen) atoms. The van der Waals surface area contributed by atoms with Gasteiger partial charge in [-0.2, -0.15) is 0 Å². The third-order valence-electron chi connectivity index (χ3n) is 4.01. The first-order valence-electron chi connectivity index (χ1n) is 7.00. The Bertz CT molecular complexity index is 191. The molecule has 1 atom stereocenters. The van der Waals surface area contributed by atoms with Gasteiger partial charge in [-0.25, -0.2) is 0 Å². The van der Waals surface area contributed by atoms with E-state index in [1.807, 2.05) is 0 Å². The Labute approximate surface area is 106 Å². The molecule has 1 unspecified atom stereocenters. The largest absolute Gasteiger partial charge is 0.383 e. The summed E-state index contributed by atoms with van der Waals surface area (Å²) in [6.45, 7) is 9.40. The molecule has 1 N–H and O–H groups in total. The van der Waals surface area contributed by atoms with E-state index >= 15 is 0 Å². The van der Waals surface area contributed by atoms with Gasteiger partial charge in [-0.3, -0.25) is 0 Å². The highest BCUT2D eigenvalue weighted by Gasteiger charge is 2.33. The minimum absolute atomic E-state index is 0.460. The Morgan fingerprint density at radius 2 is 2.06 bits per heavy atom. The average molecular weight is 243 g/mol. The van der Waals surface area contributed by atoms with Crippen molar-refractivity contribution in [1.29, 1.82) is 0 Å². The van der Waals surface area contributed by atoms with Crippen molar-refractivity contribution in [3.05, 3.63) is 0 Å². The number of hydrogen-bond acceptors (Lipinski definition) is 3. The van der Waals surface area contributed by atoms with Gasteiger partial charge in [-0.1, -0.05) is 20.3 Å². The van der Waals surface area contributed by atoms with Gasteiger partial charge < -0.3 is 14.8 Å². The third kappa shape index (κ3) is 5.36.